The quantitative estimate of drug-likeness (QED) is 0.810. The Morgan fingerprint density at radius 1 is 1.32 bits per heavy atom. The van der Waals surface area contributed by atoms with Gasteiger partial charge < -0.3 is 20.9 Å². The fourth-order valence-corrected chi connectivity index (χ4v) is 2.55. The maximum Gasteiger partial charge on any atom is 0.222 e. The number of aromatic nitrogens is 2. The van der Waals surface area contributed by atoms with Crippen LogP contribution in [0.15, 0.2) is 12.1 Å². The number of nitrogens with two attached hydrogens (primary N) is 2. The van der Waals surface area contributed by atoms with Gasteiger partial charge in [-0.1, -0.05) is 0 Å². The van der Waals surface area contributed by atoms with Crippen LogP contribution in [0.2, 0.25) is 0 Å². The number of ether oxygens (including phenoxy) is 2. The van der Waals surface area contributed by atoms with Crippen LogP contribution in [0.1, 0.15) is 16.7 Å². The number of nitriles is 1. The lowest BCUT2D eigenvalue weighted by atomic mass is 10.00. The van der Waals surface area contributed by atoms with Crippen molar-refractivity contribution in [1.82, 2.24) is 9.97 Å². The van der Waals surface area contributed by atoms with Crippen molar-refractivity contribution in [3.63, 3.8) is 0 Å². The molecule has 0 aliphatic carbocycles. The second-order valence-electron chi connectivity index (χ2n) is 4.67. The molecule has 0 saturated carbocycles. The normalized spacial score (nSPS) is 13.1. The SMILES string of the molecule is N#Cc1c(N)nc(N)nc1-c1cc(CCl)c2c(c1)COCO2. The van der Waals surface area contributed by atoms with Crippen molar-refractivity contribution in [1.29, 1.82) is 5.26 Å². The van der Waals surface area contributed by atoms with E-state index in [0.717, 1.165) is 11.1 Å². The fourth-order valence-electron chi connectivity index (χ4n) is 2.35. The van der Waals surface area contributed by atoms with Gasteiger partial charge in [-0.15, -0.1) is 11.6 Å². The van der Waals surface area contributed by atoms with Crippen LogP contribution in [0.3, 0.4) is 0 Å². The highest BCUT2D eigenvalue weighted by Gasteiger charge is 2.20. The smallest absolute Gasteiger partial charge is 0.222 e. The molecule has 1 aliphatic heterocycles. The maximum absolute atomic E-state index is 9.29. The molecule has 0 spiro atoms. The first kappa shape index (κ1) is 14.4. The Morgan fingerprint density at radius 2 is 2.14 bits per heavy atom. The van der Waals surface area contributed by atoms with Crippen LogP contribution in [0.25, 0.3) is 11.3 Å². The zero-order valence-corrected chi connectivity index (χ0v) is 12.2. The monoisotopic (exact) mass is 317 g/mol. The number of benzene rings is 1. The molecule has 7 nitrogen and oxygen atoms in total. The molecule has 0 saturated heterocycles. The first-order valence-electron chi connectivity index (χ1n) is 6.39. The van der Waals surface area contributed by atoms with Crippen molar-refractivity contribution >= 4 is 23.4 Å². The van der Waals surface area contributed by atoms with Crippen molar-refractivity contribution < 1.29 is 9.47 Å². The van der Waals surface area contributed by atoms with Gasteiger partial charge in [-0.3, -0.25) is 0 Å². The Morgan fingerprint density at radius 3 is 2.86 bits per heavy atom. The number of anilines is 2. The number of hydrogen-bond acceptors (Lipinski definition) is 7. The molecular weight excluding hydrogens is 306 g/mol. The highest BCUT2D eigenvalue weighted by molar-refractivity contribution is 6.17. The van der Waals surface area contributed by atoms with E-state index in [1.54, 1.807) is 6.07 Å². The minimum absolute atomic E-state index is 0.00384. The molecule has 0 atom stereocenters. The Balaban J connectivity index is 2.23. The summed E-state index contributed by atoms with van der Waals surface area (Å²) in [6.07, 6.45) is 0. The van der Waals surface area contributed by atoms with Crippen LogP contribution in [-0.2, 0) is 17.2 Å². The zero-order valence-electron chi connectivity index (χ0n) is 11.5. The number of nitrogen functional groups attached to an aromatic ring is 2. The second-order valence-corrected chi connectivity index (χ2v) is 4.94. The number of fused-ring (bicyclic) bond motifs is 1. The van der Waals surface area contributed by atoms with Gasteiger partial charge in [0.25, 0.3) is 0 Å². The second kappa shape index (κ2) is 5.67. The molecule has 1 aliphatic rings. The summed E-state index contributed by atoms with van der Waals surface area (Å²) in [4.78, 5) is 7.95. The van der Waals surface area contributed by atoms with Gasteiger partial charge in [-0.05, 0) is 12.1 Å². The third-order valence-corrected chi connectivity index (χ3v) is 3.56. The van der Waals surface area contributed by atoms with Gasteiger partial charge in [0.2, 0.25) is 5.95 Å². The van der Waals surface area contributed by atoms with E-state index in [-0.39, 0.29) is 30.0 Å². The largest absolute Gasteiger partial charge is 0.467 e. The predicted molar refractivity (Wildman–Crippen MR) is 80.8 cm³/mol. The lowest BCUT2D eigenvalue weighted by molar-refractivity contribution is -0.0168. The molecule has 22 heavy (non-hydrogen) atoms. The van der Waals surface area contributed by atoms with E-state index in [0.29, 0.717) is 23.6 Å². The van der Waals surface area contributed by atoms with Gasteiger partial charge in [0.15, 0.2) is 6.79 Å². The first-order chi connectivity index (χ1) is 10.6. The standard InChI is InChI=1S/C14H12ClN5O2/c15-3-8-1-7(2-9-5-21-6-22-12(8)9)11-10(4-16)13(17)20-14(18)19-11/h1-2H,3,5-6H2,(H4,17,18,19,20). The molecular formula is C14H12ClN5O2. The highest BCUT2D eigenvalue weighted by Crippen LogP contribution is 2.35. The summed E-state index contributed by atoms with van der Waals surface area (Å²) in [6, 6.07) is 5.64. The van der Waals surface area contributed by atoms with Crippen LogP contribution < -0.4 is 16.2 Å². The van der Waals surface area contributed by atoms with Crippen molar-refractivity contribution in [2.45, 2.75) is 12.5 Å². The van der Waals surface area contributed by atoms with Crippen LogP contribution in [-0.4, -0.2) is 16.8 Å². The minimum atomic E-state index is 0.00384. The Labute approximate surface area is 131 Å². The number of rotatable bonds is 2. The number of halogens is 1. The number of nitrogens with zero attached hydrogens (tertiary/aromatic N) is 3. The average Bonchev–Trinajstić information content (AvgIpc) is 2.53. The molecule has 2 aromatic rings. The topological polar surface area (TPSA) is 120 Å². The van der Waals surface area contributed by atoms with Crippen LogP contribution >= 0.6 is 11.6 Å². The molecule has 2 heterocycles. The Hall–Kier alpha value is -2.56. The van der Waals surface area contributed by atoms with E-state index in [2.05, 4.69) is 9.97 Å². The van der Waals surface area contributed by atoms with E-state index >= 15 is 0 Å². The summed E-state index contributed by atoms with van der Waals surface area (Å²) < 4.78 is 10.8. The maximum atomic E-state index is 9.29. The third kappa shape index (κ3) is 2.39. The van der Waals surface area contributed by atoms with Gasteiger partial charge in [0.1, 0.15) is 23.2 Å². The molecule has 8 heteroatoms. The fraction of sp³-hybridized carbons (Fsp3) is 0.214. The first-order valence-corrected chi connectivity index (χ1v) is 6.93. The summed E-state index contributed by atoms with van der Waals surface area (Å²) in [5, 5.41) is 9.29. The van der Waals surface area contributed by atoms with E-state index in [1.807, 2.05) is 12.1 Å². The van der Waals surface area contributed by atoms with Crippen LogP contribution in [0, 0.1) is 11.3 Å². The molecule has 112 valence electrons. The van der Waals surface area contributed by atoms with E-state index in [9.17, 15) is 5.26 Å². The van der Waals surface area contributed by atoms with Crippen molar-refractivity contribution in [2.75, 3.05) is 18.3 Å². The molecule has 0 bridgehead atoms. The Kier molecular flexibility index (Phi) is 3.71. The molecule has 0 unspecified atom stereocenters. The van der Waals surface area contributed by atoms with Crippen molar-refractivity contribution in [3.8, 4) is 23.1 Å². The molecule has 4 N–H and O–H groups in total. The Bertz CT molecular complexity index is 771. The van der Waals surface area contributed by atoms with Gasteiger partial charge in [0, 0.05) is 16.7 Å². The third-order valence-electron chi connectivity index (χ3n) is 3.27. The summed E-state index contributed by atoms with van der Waals surface area (Å²) >= 11 is 5.99. The summed E-state index contributed by atoms with van der Waals surface area (Å²) in [5.41, 5.74) is 14.2. The van der Waals surface area contributed by atoms with Gasteiger partial charge >= 0.3 is 0 Å². The van der Waals surface area contributed by atoms with Crippen molar-refractivity contribution in [2.24, 2.45) is 0 Å². The lowest BCUT2D eigenvalue weighted by Gasteiger charge is -2.21. The van der Waals surface area contributed by atoms with E-state index < -0.39 is 0 Å². The number of hydrogen-bond donors (Lipinski definition) is 2. The molecule has 1 aromatic heterocycles. The highest BCUT2D eigenvalue weighted by atomic mass is 35.5. The molecule has 1 aromatic carbocycles. The van der Waals surface area contributed by atoms with Gasteiger partial charge in [-0.2, -0.15) is 10.2 Å². The van der Waals surface area contributed by atoms with Gasteiger partial charge in [-0.25, -0.2) is 4.98 Å². The minimum Gasteiger partial charge on any atom is -0.467 e. The summed E-state index contributed by atoms with van der Waals surface area (Å²) in [5.74, 6) is 1.01. The van der Waals surface area contributed by atoms with Crippen LogP contribution in [0.4, 0.5) is 11.8 Å². The molecule has 0 amide bonds. The van der Waals surface area contributed by atoms with Gasteiger partial charge in [0.05, 0.1) is 18.2 Å². The number of alkyl halides is 1. The average molecular weight is 318 g/mol. The van der Waals surface area contributed by atoms with E-state index in [4.69, 9.17) is 32.5 Å². The molecule has 0 fully saturated rings. The van der Waals surface area contributed by atoms with E-state index in [1.165, 1.54) is 0 Å². The van der Waals surface area contributed by atoms with Crippen LogP contribution in [0.5, 0.6) is 5.75 Å². The molecule has 3 rings (SSSR count). The zero-order chi connectivity index (χ0) is 15.7. The summed E-state index contributed by atoms with van der Waals surface area (Å²) in [7, 11) is 0. The summed E-state index contributed by atoms with van der Waals surface area (Å²) in [6.45, 7) is 0.581. The predicted octanol–water partition coefficient (Wildman–Crippen LogP) is 1.78. The molecule has 0 radical (unpaired) electrons. The lowest BCUT2D eigenvalue weighted by Crippen LogP contribution is -2.13. The van der Waals surface area contributed by atoms with Crippen molar-refractivity contribution in [3.05, 3.63) is 28.8 Å².